The normalized spacial score (nSPS) is 16.3. The van der Waals surface area contributed by atoms with Gasteiger partial charge in [0.1, 0.15) is 0 Å². The average Bonchev–Trinajstić information content (AvgIpc) is 3.28. The summed E-state index contributed by atoms with van der Waals surface area (Å²) in [5.74, 6) is 0.148. The topological polar surface area (TPSA) is 96.2 Å². The average molecular weight is 356 g/mol. The molecule has 0 atom stereocenters. The number of hydroxylamine groups is 2. The minimum Gasteiger partial charge on any atom is -0.351 e. The molecule has 138 valence electrons. The van der Waals surface area contributed by atoms with Crippen LogP contribution in [0.25, 0.3) is 11.4 Å². The molecular formula is C18H24N6O2. The quantitative estimate of drug-likeness (QED) is 0.644. The number of hydrogen-bond acceptors (Lipinski definition) is 6. The van der Waals surface area contributed by atoms with Crippen LogP contribution in [0.4, 0.5) is 5.95 Å². The summed E-state index contributed by atoms with van der Waals surface area (Å²) < 4.78 is 1.80. The van der Waals surface area contributed by atoms with Crippen molar-refractivity contribution in [2.45, 2.75) is 58.0 Å². The van der Waals surface area contributed by atoms with E-state index in [-0.39, 0.29) is 0 Å². The Morgan fingerprint density at radius 3 is 2.85 bits per heavy atom. The lowest BCUT2D eigenvalue weighted by atomic mass is 9.93. The number of rotatable bonds is 4. The Kier molecular flexibility index (Phi) is 4.36. The van der Waals surface area contributed by atoms with Gasteiger partial charge in [-0.05, 0) is 38.2 Å². The summed E-state index contributed by atoms with van der Waals surface area (Å²) in [5.41, 5.74) is 3.95. The molecule has 1 saturated carbocycles. The smallest absolute Gasteiger partial charge is 0.297 e. The summed E-state index contributed by atoms with van der Waals surface area (Å²) in [6.45, 7) is 2.61. The Labute approximate surface area is 152 Å². The Balaban J connectivity index is 1.76. The van der Waals surface area contributed by atoms with Gasteiger partial charge in [-0.1, -0.05) is 12.8 Å². The molecule has 0 saturated heterocycles. The van der Waals surface area contributed by atoms with Crippen molar-refractivity contribution in [3.8, 4) is 11.4 Å². The molecule has 2 N–H and O–H groups in total. The van der Waals surface area contributed by atoms with E-state index in [1.54, 1.807) is 4.68 Å². The van der Waals surface area contributed by atoms with Crippen LogP contribution >= 0.6 is 0 Å². The Morgan fingerprint density at radius 1 is 1.38 bits per heavy atom. The van der Waals surface area contributed by atoms with Gasteiger partial charge in [0.2, 0.25) is 5.95 Å². The predicted octanol–water partition coefficient (Wildman–Crippen LogP) is 2.27. The number of amides is 1. The molecule has 8 heteroatoms. The minimum atomic E-state index is -0.490. The maximum Gasteiger partial charge on any atom is 0.297 e. The van der Waals surface area contributed by atoms with Crippen molar-refractivity contribution in [2.24, 2.45) is 0 Å². The Morgan fingerprint density at radius 2 is 2.15 bits per heavy atom. The molecule has 2 aliphatic rings. The third-order valence-corrected chi connectivity index (χ3v) is 5.27. The number of fused-ring (bicyclic) bond motifs is 3. The lowest BCUT2D eigenvalue weighted by Gasteiger charge is -2.19. The Bertz CT molecular complexity index is 838. The molecule has 1 fully saturated rings. The molecule has 26 heavy (non-hydrogen) atoms. The van der Waals surface area contributed by atoms with Gasteiger partial charge >= 0.3 is 0 Å². The summed E-state index contributed by atoms with van der Waals surface area (Å²) in [6, 6.07) is 0.437. The molecule has 2 aromatic rings. The van der Waals surface area contributed by atoms with Gasteiger partial charge < -0.3 is 5.32 Å². The van der Waals surface area contributed by atoms with E-state index in [9.17, 15) is 10.0 Å². The van der Waals surface area contributed by atoms with Crippen LogP contribution < -0.4 is 5.32 Å². The van der Waals surface area contributed by atoms with Gasteiger partial charge in [0.25, 0.3) is 5.91 Å². The van der Waals surface area contributed by atoms with Crippen LogP contribution in [0.3, 0.4) is 0 Å². The van der Waals surface area contributed by atoms with Gasteiger partial charge in [0.05, 0.1) is 11.4 Å². The Hall–Kier alpha value is -2.48. The molecule has 2 heterocycles. The van der Waals surface area contributed by atoms with E-state index in [0.717, 1.165) is 41.8 Å². The van der Waals surface area contributed by atoms with E-state index in [1.165, 1.54) is 19.9 Å². The van der Waals surface area contributed by atoms with E-state index in [2.05, 4.69) is 15.4 Å². The van der Waals surface area contributed by atoms with Crippen molar-refractivity contribution in [1.29, 1.82) is 0 Å². The number of hydrogen-bond donors (Lipinski definition) is 2. The molecular weight excluding hydrogens is 332 g/mol. The number of anilines is 1. The number of nitrogens with one attached hydrogen (secondary N) is 1. The van der Waals surface area contributed by atoms with Crippen LogP contribution in [0.15, 0.2) is 6.20 Å². The van der Waals surface area contributed by atoms with Crippen molar-refractivity contribution in [1.82, 2.24) is 24.8 Å². The standard InChI is InChI=1S/C18H24N6O2/c1-3-24-16-13(15(22-24)17(25)23(2)26)9-8-11-10-19-18(21-14(11)16)20-12-6-4-5-7-12/h10,12,26H,3-9H2,1-2H3,(H,19,20,21). The molecule has 0 unspecified atom stereocenters. The highest BCUT2D eigenvalue weighted by molar-refractivity contribution is 5.95. The molecule has 0 spiro atoms. The largest absolute Gasteiger partial charge is 0.351 e. The second-order valence-corrected chi connectivity index (χ2v) is 7.01. The second-order valence-electron chi connectivity index (χ2n) is 7.01. The molecule has 1 amide bonds. The van der Waals surface area contributed by atoms with Crippen LogP contribution in [0.5, 0.6) is 0 Å². The molecule has 4 rings (SSSR count). The summed E-state index contributed by atoms with van der Waals surface area (Å²) in [7, 11) is 1.32. The van der Waals surface area contributed by atoms with E-state index in [0.29, 0.717) is 35.7 Å². The molecule has 0 bridgehead atoms. The van der Waals surface area contributed by atoms with E-state index < -0.39 is 5.91 Å². The number of nitrogens with zero attached hydrogens (tertiary/aromatic N) is 5. The number of carbonyl (C=O) groups is 1. The highest BCUT2D eigenvalue weighted by Crippen LogP contribution is 2.35. The van der Waals surface area contributed by atoms with Gasteiger partial charge in [0.15, 0.2) is 5.69 Å². The molecule has 0 radical (unpaired) electrons. The van der Waals surface area contributed by atoms with Crippen molar-refractivity contribution in [2.75, 3.05) is 12.4 Å². The summed E-state index contributed by atoms with van der Waals surface area (Å²) >= 11 is 0. The fourth-order valence-electron chi connectivity index (χ4n) is 3.93. The third-order valence-electron chi connectivity index (χ3n) is 5.27. The van der Waals surface area contributed by atoms with Gasteiger partial charge in [-0.25, -0.2) is 15.0 Å². The SMILES string of the molecule is CCn1nc(C(=O)N(C)O)c2c1-c1nc(NC3CCCC3)ncc1CC2. The van der Waals surface area contributed by atoms with Crippen LogP contribution in [0, 0.1) is 0 Å². The van der Waals surface area contributed by atoms with Gasteiger partial charge in [-0.3, -0.25) is 14.7 Å². The van der Waals surface area contributed by atoms with Gasteiger partial charge in [0, 0.05) is 31.4 Å². The number of carbonyl (C=O) groups excluding carboxylic acids is 1. The van der Waals surface area contributed by atoms with Crippen molar-refractivity contribution >= 4 is 11.9 Å². The zero-order chi connectivity index (χ0) is 18.3. The summed E-state index contributed by atoms with van der Waals surface area (Å²) in [5, 5.41) is 18.0. The third kappa shape index (κ3) is 2.84. The molecule has 0 aliphatic heterocycles. The van der Waals surface area contributed by atoms with Crippen molar-refractivity contribution in [3.05, 3.63) is 23.0 Å². The summed E-state index contributed by atoms with van der Waals surface area (Å²) in [4.78, 5) is 21.6. The van der Waals surface area contributed by atoms with Gasteiger partial charge in [-0.2, -0.15) is 5.10 Å². The first-order chi connectivity index (χ1) is 12.6. The van der Waals surface area contributed by atoms with E-state index in [4.69, 9.17) is 4.98 Å². The summed E-state index contributed by atoms with van der Waals surface area (Å²) in [6.07, 6.45) is 8.13. The predicted molar refractivity (Wildman–Crippen MR) is 96.1 cm³/mol. The number of aromatic nitrogens is 4. The van der Waals surface area contributed by atoms with Crippen LogP contribution in [0.2, 0.25) is 0 Å². The molecule has 2 aromatic heterocycles. The van der Waals surface area contributed by atoms with E-state index in [1.807, 2.05) is 13.1 Å². The first kappa shape index (κ1) is 17.0. The van der Waals surface area contributed by atoms with Crippen LogP contribution in [-0.4, -0.2) is 49.0 Å². The molecule has 8 nitrogen and oxygen atoms in total. The minimum absolute atomic E-state index is 0.307. The zero-order valence-electron chi connectivity index (χ0n) is 15.2. The highest BCUT2D eigenvalue weighted by atomic mass is 16.5. The second kappa shape index (κ2) is 6.68. The molecule has 0 aromatic carbocycles. The maximum absolute atomic E-state index is 12.3. The van der Waals surface area contributed by atoms with Crippen LogP contribution in [0.1, 0.15) is 54.2 Å². The highest BCUT2D eigenvalue weighted by Gasteiger charge is 2.30. The van der Waals surface area contributed by atoms with Gasteiger partial charge in [-0.15, -0.1) is 0 Å². The lowest BCUT2D eigenvalue weighted by molar-refractivity contribution is -0.0380. The fraction of sp³-hybridized carbons (Fsp3) is 0.556. The van der Waals surface area contributed by atoms with Crippen molar-refractivity contribution in [3.63, 3.8) is 0 Å². The van der Waals surface area contributed by atoms with Crippen LogP contribution in [-0.2, 0) is 19.4 Å². The zero-order valence-corrected chi connectivity index (χ0v) is 15.2. The van der Waals surface area contributed by atoms with E-state index >= 15 is 0 Å². The van der Waals surface area contributed by atoms with Crippen molar-refractivity contribution < 1.29 is 10.0 Å². The first-order valence-electron chi connectivity index (χ1n) is 9.28. The lowest BCUT2D eigenvalue weighted by Crippen LogP contribution is -2.24. The number of aryl methyl sites for hydroxylation is 2. The molecule has 2 aliphatic carbocycles. The monoisotopic (exact) mass is 356 g/mol. The maximum atomic E-state index is 12.3. The first-order valence-corrected chi connectivity index (χ1v) is 9.28. The fourth-order valence-corrected chi connectivity index (χ4v) is 3.93.